The van der Waals surface area contributed by atoms with Gasteiger partial charge in [-0.25, -0.2) is 0 Å². The molecule has 0 bridgehead atoms. The largest absolute Gasteiger partial charge is 0.344 e. The standard InChI is InChI=1S/C17H22N2O2/c1-11-4-3-5-13(8-11)10-19-12(2)9-15(20)18-16(17(19)21)14-6-7-14/h3-5,8,12,14,16H,6-7,9-10H2,1-2H3,(H,18,20). The molecule has 2 fully saturated rings. The van der Waals surface area contributed by atoms with Crippen molar-refractivity contribution in [3.05, 3.63) is 35.4 Å². The normalized spacial score (nSPS) is 26.5. The van der Waals surface area contributed by atoms with Crippen LogP contribution in [-0.2, 0) is 16.1 Å². The van der Waals surface area contributed by atoms with E-state index in [1.165, 1.54) is 5.56 Å². The summed E-state index contributed by atoms with van der Waals surface area (Å²) >= 11 is 0. The Morgan fingerprint density at radius 3 is 2.71 bits per heavy atom. The van der Waals surface area contributed by atoms with Crippen molar-refractivity contribution in [3.8, 4) is 0 Å². The summed E-state index contributed by atoms with van der Waals surface area (Å²) in [5.74, 6) is 0.420. The van der Waals surface area contributed by atoms with E-state index in [0.717, 1.165) is 18.4 Å². The summed E-state index contributed by atoms with van der Waals surface area (Å²) < 4.78 is 0. The molecular weight excluding hydrogens is 264 g/mol. The third-order valence-electron chi connectivity index (χ3n) is 4.41. The van der Waals surface area contributed by atoms with Gasteiger partial charge in [0, 0.05) is 19.0 Å². The van der Waals surface area contributed by atoms with E-state index in [0.29, 0.717) is 18.9 Å². The van der Waals surface area contributed by atoms with Crippen molar-refractivity contribution >= 4 is 11.8 Å². The number of amides is 2. The van der Waals surface area contributed by atoms with Gasteiger partial charge in [-0.3, -0.25) is 9.59 Å². The third-order valence-corrected chi connectivity index (χ3v) is 4.41. The average Bonchev–Trinajstić information content (AvgIpc) is 3.25. The molecule has 1 heterocycles. The van der Waals surface area contributed by atoms with E-state index in [4.69, 9.17) is 0 Å². The van der Waals surface area contributed by atoms with E-state index in [2.05, 4.69) is 24.4 Å². The highest BCUT2D eigenvalue weighted by Crippen LogP contribution is 2.35. The van der Waals surface area contributed by atoms with E-state index in [9.17, 15) is 9.59 Å². The molecule has 2 atom stereocenters. The van der Waals surface area contributed by atoms with Crippen molar-refractivity contribution in [2.75, 3.05) is 0 Å². The Kier molecular flexibility index (Phi) is 3.70. The smallest absolute Gasteiger partial charge is 0.245 e. The van der Waals surface area contributed by atoms with Crippen molar-refractivity contribution < 1.29 is 9.59 Å². The molecule has 4 nitrogen and oxygen atoms in total. The van der Waals surface area contributed by atoms with E-state index < -0.39 is 0 Å². The second kappa shape index (κ2) is 5.51. The summed E-state index contributed by atoms with van der Waals surface area (Å²) in [7, 11) is 0. The molecule has 21 heavy (non-hydrogen) atoms. The number of hydrogen-bond acceptors (Lipinski definition) is 2. The molecule has 2 aliphatic rings. The van der Waals surface area contributed by atoms with Crippen LogP contribution in [0.1, 0.15) is 37.3 Å². The molecule has 112 valence electrons. The fourth-order valence-corrected chi connectivity index (χ4v) is 3.06. The van der Waals surface area contributed by atoms with Crippen LogP contribution in [-0.4, -0.2) is 28.8 Å². The summed E-state index contributed by atoms with van der Waals surface area (Å²) in [6, 6.07) is 7.84. The Morgan fingerprint density at radius 1 is 1.29 bits per heavy atom. The van der Waals surface area contributed by atoms with Gasteiger partial charge in [0.05, 0.1) is 0 Å². The van der Waals surface area contributed by atoms with Gasteiger partial charge in [-0.15, -0.1) is 0 Å². The lowest BCUT2D eigenvalue weighted by atomic mass is 10.1. The molecule has 1 saturated carbocycles. The second-order valence-electron chi connectivity index (χ2n) is 6.39. The predicted molar refractivity (Wildman–Crippen MR) is 80.5 cm³/mol. The molecule has 3 rings (SSSR count). The zero-order valence-corrected chi connectivity index (χ0v) is 12.6. The molecule has 1 aliphatic carbocycles. The highest BCUT2D eigenvalue weighted by Gasteiger charge is 2.42. The quantitative estimate of drug-likeness (QED) is 0.924. The van der Waals surface area contributed by atoms with Crippen LogP contribution in [0.4, 0.5) is 0 Å². The third kappa shape index (κ3) is 3.09. The number of hydrogen-bond donors (Lipinski definition) is 1. The Bertz CT molecular complexity index is 566. The van der Waals surface area contributed by atoms with Crippen molar-refractivity contribution in [1.29, 1.82) is 0 Å². The molecular formula is C17H22N2O2. The van der Waals surface area contributed by atoms with Gasteiger partial charge in [0.1, 0.15) is 6.04 Å². The highest BCUT2D eigenvalue weighted by atomic mass is 16.2. The first-order chi connectivity index (χ1) is 10.0. The maximum absolute atomic E-state index is 12.8. The zero-order chi connectivity index (χ0) is 15.0. The Balaban J connectivity index is 1.83. The zero-order valence-electron chi connectivity index (χ0n) is 12.6. The first-order valence-corrected chi connectivity index (χ1v) is 7.70. The Hall–Kier alpha value is -1.84. The molecule has 1 aromatic rings. The SMILES string of the molecule is Cc1cccc(CN2C(=O)C(C3CC3)NC(=O)CC2C)c1. The molecule has 1 saturated heterocycles. The number of rotatable bonds is 3. The monoisotopic (exact) mass is 286 g/mol. The Morgan fingerprint density at radius 2 is 2.05 bits per heavy atom. The van der Waals surface area contributed by atoms with Crippen LogP contribution in [0, 0.1) is 12.8 Å². The fourth-order valence-electron chi connectivity index (χ4n) is 3.06. The number of aryl methyl sites for hydroxylation is 1. The number of carbonyl (C=O) groups is 2. The van der Waals surface area contributed by atoms with E-state index in [1.807, 2.05) is 24.0 Å². The van der Waals surface area contributed by atoms with Gasteiger partial charge < -0.3 is 10.2 Å². The number of benzene rings is 1. The van der Waals surface area contributed by atoms with Gasteiger partial charge in [-0.2, -0.15) is 0 Å². The maximum atomic E-state index is 12.8. The molecule has 2 amide bonds. The molecule has 0 radical (unpaired) electrons. The lowest BCUT2D eigenvalue weighted by Crippen LogP contribution is -2.47. The number of carbonyl (C=O) groups excluding carboxylic acids is 2. The average molecular weight is 286 g/mol. The van der Waals surface area contributed by atoms with Gasteiger partial charge in [0.15, 0.2) is 0 Å². The van der Waals surface area contributed by atoms with Crippen molar-refractivity contribution in [2.24, 2.45) is 5.92 Å². The van der Waals surface area contributed by atoms with Crippen LogP contribution in [0.15, 0.2) is 24.3 Å². The van der Waals surface area contributed by atoms with Crippen LogP contribution < -0.4 is 5.32 Å². The summed E-state index contributed by atoms with van der Waals surface area (Å²) in [6.07, 6.45) is 2.48. The van der Waals surface area contributed by atoms with Crippen LogP contribution in [0.5, 0.6) is 0 Å². The molecule has 1 aliphatic heterocycles. The topological polar surface area (TPSA) is 49.4 Å². The first-order valence-electron chi connectivity index (χ1n) is 7.70. The predicted octanol–water partition coefficient (Wildman–Crippen LogP) is 2.01. The lowest BCUT2D eigenvalue weighted by Gasteiger charge is -2.29. The van der Waals surface area contributed by atoms with Crippen molar-refractivity contribution in [2.45, 2.75) is 51.7 Å². The van der Waals surface area contributed by atoms with Crippen LogP contribution in [0.3, 0.4) is 0 Å². The van der Waals surface area contributed by atoms with Gasteiger partial charge in [-0.1, -0.05) is 29.8 Å². The fraction of sp³-hybridized carbons (Fsp3) is 0.529. The first kappa shape index (κ1) is 14.1. The minimum Gasteiger partial charge on any atom is -0.344 e. The summed E-state index contributed by atoms with van der Waals surface area (Å²) in [6.45, 7) is 4.59. The molecule has 1 N–H and O–H groups in total. The Labute approximate surface area is 125 Å². The lowest BCUT2D eigenvalue weighted by molar-refractivity contribution is -0.136. The summed E-state index contributed by atoms with van der Waals surface area (Å²) in [5.41, 5.74) is 2.31. The summed E-state index contributed by atoms with van der Waals surface area (Å²) in [5, 5.41) is 2.92. The van der Waals surface area contributed by atoms with Gasteiger partial charge in [-0.05, 0) is 38.2 Å². The van der Waals surface area contributed by atoms with E-state index >= 15 is 0 Å². The van der Waals surface area contributed by atoms with Crippen LogP contribution >= 0.6 is 0 Å². The van der Waals surface area contributed by atoms with Gasteiger partial charge in [0.25, 0.3) is 0 Å². The van der Waals surface area contributed by atoms with E-state index in [1.54, 1.807) is 0 Å². The van der Waals surface area contributed by atoms with Crippen molar-refractivity contribution in [1.82, 2.24) is 10.2 Å². The van der Waals surface area contributed by atoms with Crippen molar-refractivity contribution in [3.63, 3.8) is 0 Å². The maximum Gasteiger partial charge on any atom is 0.245 e. The molecule has 0 aromatic heterocycles. The molecule has 1 aromatic carbocycles. The van der Waals surface area contributed by atoms with Crippen LogP contribution in [0.2, 0.25) is 0 Å². The van der Waals surface area contributed by atoms with Gasteiger partial charge >= 0.3 is 0 Å². The number of nitrogens with one attached hydrogen (secondary N) is 1. The molecule has 2 unspecified atom stereocenters. The summed E-state index contributed by atoms with van der Waals surface area (Å²) in [4.78, 5) is 26.6. The molecule has 4 heteroatoms. The minimum absolute atomic E-state index is 0.000470. The molecule has 0 spiro atoms. The van der Waals surface area contributed by atoms with Gasteiger partial charge in [0.2, 0.25) is 11.8 Å². The van der Waals surface area contributed by atoms with E-state index in [-0.39, 0.29) is 23.9 Å². The highest BCUT2D eigenvalue weighted by molar-refractivity contribution is 5.91. The number of nitrogens with zero attached hydrogens (tertiary/aromatic N) is 1. The minimum atomic E-state index is -0.313. The second-order valence-corrected chi connectivity index (χ2v) is 6.39. The van der Waals surface area contributed by atoms with Crippen LogP contribution in [0.25, 0.3) is 0 Å².